The van der Waals surface area contributed by atoms with Gasteiger partial charge in [0.1, 0.15) is 5.82 Å². The fourth-order valence-electron chi connectivity index (χ4n) is 2.07. The average Bonchev–Trinajstić information content (AvgIpc) is 2.40. The predicted octanol–water partition coefficient (Wildman–Crippen LogP) is 1.97. The van der Waals surface area contributed by atoms with Crippen LogP contribution in [0.25, 0.3) is 10.9 Å². The Bertz CT molecular complexity index is 755. The lowest BCUT2D eigenvalue weighted by Gasteiger charge is -2.15. The molecule has 0 radical (unpaired) electrons. The third kappa shape index (κ3) is 1.61. The number of halogens is 1. The number of nitrogens with zero attached hydrogens (tertiary/aromatic N) is 2. The lowest BCUT2D eigenvalue weighted by Crippen LogP contribution is -2.27. The lowest BCUT2D eigenvalue weighted by atomic mass is 9.93. The molecular formula is C13H7FN2O3. The number of aliphatic imine (C=N–C) groups is 1. The minimum Gasteiger partial charge on any atom is -0.480 e. The van der Waals surface area contributed by atoms with Crippen LogP contribution in [0.4, 0.5) is 10.1 Å². The smallest absolute Gasteiger partial charge is 0.319 e. The van der Waals surface area contributed by atoms with Crippen molar-refractivity contribution in [3.8, 4) is 0 Å². The van der Waals surface area contributed by atoms with Gasteiger partial charge in [0.15, 0.2) is 11.7 Å². The van der Waals surface area contributed by atoms with Crippen molar-refractivity contribution in [2.24, 2.45) is 10.9 Å². The first-order valence-corrected chi connectivity index (χ1v) is 5.48. The Labute approximate surface area is 106 Å². The first-order valence-electron chi connectivity index (χ1n) is 5.48. The van der Waals surface area contributed by atoms with Crippen LogP contribution in [0.1, 0.15) is 10.4 Å². The van der Waals surface area contributed by atoms with Crippen molar-refractivity contribution >= 4 is 34.6 Å². The molecule has 0 saturated carbocycles. The van der Waals surface area contributed by atoms with Gasteiger partial charge in [0.2, 0.25) is 0 Å². The summed E-state index contributed by atoms with van der Waals surface area (Å²) in [7, 11) is 0. The highest BCUT2D eigenvalue weighted by molar-refractivity contribution is 6.24. The molecule has 1 unspecified atom stereocenters. The molecule has 6 heteroatoms. The van der Waals surface area contributed by atoms with Gasteiger partial charge in [-0.2, -0.15) is 0 Å². The number of carboxylic acid groups (broad SMARTS) is 1. The number of Topliss-reactive ketones (excluding diaryl/α,β-unsaturated/α-hetero) is 1. The third-order valence-electron chi connectivity index (χ3n) is 2.98. The SMILES string of the molecule is O=C(O)C1C=Nc2c(cc(F)c3cccnc23)C1=O. The highest BCUT2D eigenvalue weighted by Gasteiger charge is 2.32. The fourth-order valence-corrected chi connectivity index (χ4v) is 2.07. The molecular weight excluding hydrogens is 251 g/mol. The van der Waals surface area contributed by atoms with Gasteiger partial charge in [-0.15, -0.1) is 0 Å². The maximum Gasteiger partial charge on any atom is 0.319 e. The van der Waals surface area contributed by atoms with Crippen molar-refractivity contribution in [1.82, 2.24) is 4.98 Å². The number of benzene rings is 1. The Morgan fingerprint density at radius 1 is 1.42 bits per heavy atom. The normalized spacial score (nSPS) is 17.5. The summed E-state index contributed by atoms with van der Waals surface area (Å²) in [5, 5.41) is 9.15. The number of hydrogen-bond donors (Lipinski definition) is 1. The van der Waals surface area contributed by atoms with E-state index < -0.39 is 23.5 Å². The molecule has 0 fully saturated rings. The van der Waals surface area contributed by atoms with Gasteiger partial charge in [0, 0.05) is 23.4 Å². The maximum atomic E-state index is 13.9. The third-order valence-corrected chi connectivity index (χ3v) is 2.98. The zero-order chi connectivity index (χ0) is 13.6. The van der Waals surface area contributed by atoms with E-state index in [1.165, 1.54) is 12.3 Å². The number of hydrogen-bond acceptors (Lipinski definition) is 4. The van der Waals surface area contributed by atoms with Crippen molar-refractivity contribution in [2.45, 2.75) is 0 Å². The number of pyridine rings is 1. The maximum absolute atomic E-state index is 13.9. The Morgan fingerprint density at radius 3 is 2.95 bits per heavy atom. The summed E-state index contributed by atoms with van der Waals surface area (Å²) in [6, 6.07) is 4.13. The quantitative estimate of drug-likeness (QED) is 0.793. The largest absolute Gasteiger partial charge is 0.480 e. The van der Waals surface area contributed by atoms with Crippen LogP contribution in [-0.4, -0.2) is 28.1 Å². The van der Waals surface area contributed by atoms with Gasteiger partial charge in [0.05, 0.1) is 11.2 Å². The Balaban J connectivity index is 2.33. The molecule has 0 amide bonds. The number of rotatable bonds is 1. The van der Waals surface area contributed by atoms with Crippen molar-refractivity contribution in [3.05, 3.63) is 35.8 Å². The van der Waals surface area contributed by atoms with E-state index in [2.05, 4.69) is 9.98 Å². The van der Waals surface area contributed by atoms with Crippen LogP contribution in [0.2, 0.25) is 0 Å². The minimum atomic E-state index is -1.37. The number of aliphatic carboxylic acids is 1. The van der Waals surface area contributed by atoms with Gasteiger partial charge >= 0.3 is 5.97 Å². The number of ketones is 1. The van der Waals surface area contributed by atoms with Gasteiger partial charge in [-0.05, 0) is 18.2 Å². The molecule has 1 atom stereocenters. The first-order chi connectivity index (χ1) is 9.09. The highest BCUT2D eigenvalue weighted by atomic mass is 19.1. The van der Waals surface area contributed by atoms with Crippen LogP contribution < -0.4 is 0 Å². The zero-order valence-electron chi connectivity index (χ0n) is 9.50. The Kier molecular flexibility index (Phi) is 2.38. The van der Waals surface area contributed by atoms with Gasteiger partial charge in [-0.1, -0.05) is 0 Å². The molecule has 5 nitrogen and oxygen atoms in total. The molecule has 1 aromatic carbocycles. The van der Waals surface area contributed by atoms with Gasteiger partial charge in [0.25, 0.3) is 0 Å². The molecule has 1 aliphatic heterocycles. The van der Waals surface area contributed by atoms with Crippen LogP contribution in [0.3, 0.4) is 0 Å². The predicted molar refractivity (Wildman–Crippen MR) is 65.3 cm³/mol. The van der Waals surface area contributed by atoms with E-state index in [1.54, 1.807) is 6.07 Å². The van der Waals surface area contributed by atoms with Gasteiger partial charge < -0.3 is 5.11 Å². The lowest BCUT2D eigenvalue weighted by molar-refractivity contribution is -0.137. The molecule has 1 aromatic heterocycles. The van der Waals surface area contributed by atoms with Crippen molar-refractivity contribution in [3.63, 3.8) is 0 Å². The van der Waals surface area contributed by atoms with E-state index in [0.29, 0.717) is 0 Å². The molecule has 94 valence electrons. The summed E-state index contributed by atoms with van der Waals surface area (Å²) in [4.78, 5) is 30.9. The summed E-state index contributed by atoms with van der Waals surface area (Å²) in [6.07, 6.45) is 2.52. The fraction of sp³-hybridized carbons (Fsp3) is 0.0769. The number of carbonyl (C=O) groups excluding carboxylic acids is 1. The van der Waals surface area contributed by atoms with Crippen LogP contribution in [0.5, 0.6) is 0 Å². The summed E-state index contributed by atoms with van der Waals surface area (Å²) in [5.74, 6) is -3.96. The van der Waals surface area contributed by atoms with Gasteiger partial charge in [-0.25, -0.2) is 4.39 Å². The number of carboxylic acids is 1. The standard InChI is InChI=1S/C13H7FN2O3/c14-9-4-7-11(10-6(9)2-1-3-15-10)16-5-8(12(7)17)13(18)19/h1-5,8H,(H,18,19). The molecule has 0 bridgehead atoms. The second-order valence-corrected chi connectivity index (χ2v) is 4.11. The van der Waals surface area contributed by atoms with E-state index in [-0.39, 0.29) is 22.2 Å². The second kappa shape index (κ2) is 3.94. The number of carbonyl (C=O) groups is 2. The minimum absolute atomic E-state index is 0.0430. The van der Waals surface area contributed by atoms with Crippen molar-refractivity contribution < 1.29 is 19.1 Å². The monoisotopic (exact) mass is 258 g/mol. The van der Waals surface area contributed by atoms with E-state index in [0.717, 1.165) is 12.3 Å². The highest BCUT2D eigenvalue weighted by Crippen LogP contribution is 2.34. The van der Waals surface area contributed by atoms with Crippen molar-refractivity contribution in [2.75, 3.05) is 0 Å². The van der Waals surface area contributed by atoms with Crippen LogP contribution in [-0.2, 0) is 4.79 Å². The van der Waals surface area contributed by atoms with E-state index in [9.17, 15) is 14.0 Å². The Hall–Kier alpha value is -2.63. The van der Waals surface area contributed by atoms with E-state index in [4.69, 9.17) is 5.11 Å². The molecule has 2 heterocycles. The van der Waals surface area contributed by atoms with E-state index >= 15 is 0 Å². The van der Waals surface area contributed by atoms with Gasteiger partial charge in [-0.3, -0.25) is 19.6 Å². The number of aromatic nitrogens is 1. The van der Waals surface area contributed by atoms with Crippen molar-refractivity contribution in [1.29, 1.82) is 0 Å². The van der Waals surface area contributed by atoms with Crippen LogP contribution in [0, 0.1) is 11.7 Å². The van der Waals surface area contributed by atoms with E-state index in [1.807, 2.05) is 0 Å². The molecule has 1 aliphatic rings. The molecule has 0 saturated heterocycles. The molecule has 2 aromatic rings. The average molecular weight is 258 g/mol. The van der Waals surface area contributed by atoms with Crippen LogP contribution >= 0.6 is 0 Å². The molecule has 19 heavy (non-hydrogen) atoms. The van der Waals surface area contributed by atoms with Crippen LogP contribution in [0.15, 0.2) is 29.4 Å². The second-order valence-electron chi connectivity index (χ2n) is 4.11. The zero-order valence-corrected chi connectivity index (χ0v) is 9.50. The summed E-state index contributed by atoms with van der Waals surface area (Å²) < 4.78 is 13.9. The summed E-state index contributed by atoms with van der Waals surface area (Å²) >= 11 is 0. The molecule has 0 spiro atoms. The topological polar surface area (TPSA) is 79.6 Å². The molecule has 1 N–H and O–H groups in total. The summed E-state index contributed by atoms with van der Waals surface area (Å²) in [6.45, 7) is 0. The summed E-state index contributed by atoms with van der Waals surface area (Å²) in [5.41, 5.74) is 0.434. The Morgan fingerprint density at radius 2 is 2.21 bits per heavy atom. The first kappa shape index (κ1) is 11.5. The number of fused-ring (bicyclic) bond motifs is 3. The molecule has 0 aliphatic carbocycles. The molecule has 3 rings (SSSR count).